The highest BCUT2D eigenvalue weighted by molar-refractivity contribution is 5.86. The van der Waals surface area contributed by atoms with E-state index in [4.69, 9.17) is 0 Å². The summed E-state index contributed by atoms with van der Waals surface area (Å²) in [6.45, 7) is 3.70. The molecule has 0 N–H and O–H groups in total. The van der Waals surface area contributed by atoms with Gasteiger partial charge in [0.1, 0.15) is 5.92 Å². The highest BCUT2D eigenvalue weighted by Crippen LogP contribution is 2.22. The number of nitriles is 1. The summed E-state index contributed by atoms with van der Waals surface area (Å²) in [7, 11) is 0. The van der Waals surface area contributed by atoms with E-state index in [9.17, 15) is 10.1 Å². The van der Waals surface area contributed by atoms with Crippen LogP contribution in [0.15, 0.2) is 30.3 Å². The Kier molecular flexibility index (Phi) is 3.43. The normalized spacial score (nSPS) is 20.9. The predicted octanol–water partition coefficient (Wildman–Crippen LogP) is 2.16. The average Bonchev–Trinajstić information content (AvgIpc) is 2.78. The van der Waals surface area contributed by atoms with E-state index < -0.39 is 5.92 Å². The van der Waals surface area contributed by atoms with E-state index in [0.717, 1.165) is 25.1 Å². The molecule has 1 aromatic carbocycles. The Morgan fingerprint density at radius 1 is 1.47 bits per heavy atom. The Morgan fingerprint density at radius 3 is 2.71 bits per heavy atom. The van der Waals surface area contributed by atoms with Gasteiger partial charge < -0.3 is 4.90 Å². The number of nitrogens with zero attached hydrogens (tertiary/aromatic N) is 2. The molecule has 1 saturated heterocycles. The van der Waals surface area contributed by atoms with Gasteiger partial charge in [-0.2, -0.15) is 5.26 Å². The molecule has 1 heterocycles. The maximum absolute atomic E-state index is 12.2. The summed E-state index contributed by atoms with van der Waals surface area (Å²) >= 11 is 0. The highest BCUT2D eigenvalue weighted by atomic mass is 16.2. The standard InChI is InChI=1S/C14H16N2O/c1-11-7-8-16(10-11)14(17)13(9-15)12-5-3-2-4-6-12/h2-6,11,13H,7-8,10H2,1H3. The maximum atomic E-state index is 12.2. The van der Waals surface area contributed by atoms with Crippen molar-refractivity contribution in [2.24, 2.45) is 5.92 Å². The van der Waals surface area contributed by atoms with Gasteiger partial charge in [0, 0.05) is 13.1 Å². The van der Waals surface area contributed by atoms with E-state index in [0.29, 0.717) is 5.92 Å². The molecule has 0 spiro atoms. The van der Waals surface area contributed by atoms with Crippen LogP contribution in [0.25, 0.3) is 0 Å². The number of likely N-dealkylation sites (tertiary alicyclic amines) is 1. The highest BCUT2D eigenvalue weighted by Gasteiger charge is 2.29. The summed E-state index contributed by atoms with van der Waals surface area (Å²) in [5.41, 5.74) is 0.791. The zero-order chi connectivity index (χ0) is 12.3. The van der Waals surface area contributed by atoms with E-state index in [1.807, 2.05) is 35.2 Å². The van der Waals surface area contributed by atoms with Crippen LogP contribution in [0.2, 0.25) is 0 Å². The molecule has 1 aliphatic heterocycles. The Bertz CT molecular complexity index is 435. The number of carbonyl (C=O) groups excluding carboxylic acids is 1. The first-order valence-corrected chi connectivity index (χ1v) is 5.95. The topological polar surface area (TPSA) is 44.1 Å². The van der Waals surface area contributed by atoms with Gasteiger partial charge in [-0.1, -0.05) is 37.3 Å². The van der Waals surface area contributed by atoms with E-state index in [1.54, 1.807) is 0 Å². The molecule has 2 rings (SSSR count). The summed E-state index contributed by atoms with van der Waals surface area (Å²) in [5, 5.41) is 9.18. The fourth-order valence-corrected chi connectivity index (χ4v) is 2.24. The quantitative estimate of drug-likeness (QED) is 0.778. The third kappa shape index (κ3) is 2.47. The number of carbonyl (C=O) groups is 1. The van der Waals surface area contributed by atoms with Gasteiger partial charge in [-0.15, -0.1) is 0 Å². The molecular formula is C14H16N2O. The Labute approximate surface area is 102 Å². The molecule has 0 bridgehead atoms. The number of amides is 1. The summed E-state index contributed by atoms with van der Waals surface area (Å²) in [6, 6.07) is 11.4. The van der Waals surface area contributed by atoms with Crippen LogP contribution in [0.1, 0.15) is 24.8 Å². The first-order chi connectivity index (χ1) is 8.22. The third-order valence-electron chi connectivity index (χ3n) is 3.24. The minimum Gasteiger partial charge on any atom is -0.341 e. The van der Waals surface area contributed by atoms with Crippen LogP contribution in [0.3, 0.4) is 0 Å². The molecule has 0 aliphatic carbocycles. The van der Waals surface area contributed by atoms with Gasteiger partial charge in [0.05, 0.1) is 6.07 Å². The molecule has 0 radical (unpaired) electrons. The number of benzene rings is 1. The molecule has 0 saturated carbocycles. The van der Waals surface area contributed by atoms with Crippen molar-refractivity contribution in [1.29, 1.82) is 5.26 Å². The second kappa shape index (κ2) is 5.01. The average molecular weight is 228 g/mol. The first-order valence-electron chi connectivity index (χ1n) is 5.95. The van der Waals surface area contributed by atoms with Crippen LogP contribution >= 0.6 is 0 Å². The Hall–Kier alpha value is -1.82. The van der Waals surface area contributed by atoms with E-state index in [-0.39, 0.29) is 5.91 Å². The zero-order valence-corrected chi connectivity index (χ0v) is 9.97. The lowest BCUT2D eigenvalue weighted by molar-refractivity contribution is -0.130. The summed E-state index contributed by atoms with van der Waals surface area (Å²) < 4.78 is 0. The van der Waals surface area contributed by atoms with Crippen molar-refractivity contribution >= 4 is 5.91 Å². The second-order valence-corrected chi connectivity index (χ2v) is 4.65. The van der Waals surface area contributed by atoms with Crippen molar-refractivity contribution in [3.63, 3.8) is 0 Å². The van der Waals surface area contributed by atoms with Gasteiger partial charge in [-0.3, -0.25) is 4.79 Å². The maximum Gasteiger partial charge on any atom is 0.244 e. The smallest absolute Gasteiger partial charge is 0.244 e. The number of rotatable bonds is 2. The SMILES string of the molecule is CC1CCN(C(=O)C(C#N)c2ccccc2)C1. The van der Waals surface area contributed by atoms with Gasteiger partial charge in [0.25, 0.3) is 0 Å². The molecule has 3 nitrogen and oxygen atoms in total. The predicted molar refractivity (Wildman–Crippen MR) is 65.2 cm³/mol. The van der Waals surface area contributed by atoms with Crippen LogP contribution in [0, 0.1) is 17.2 Å². The van der Waals surface area contributed by atoms with Gasteiger partial charge in [-0.25, -0.2) is 0 Å². The summed E-state index contributed by atoms with van der Waals surface area (Å²) in [6.07, 6.45) is 1.04. The van der Waals surface area contributed by atoms with Crippen molar-refractivity contribution in [2.45, 2.75) is 19.3 Å². The van der Waals surface area contributed by atoms with Crippen LogP contribution in [-0.4, -0.2) is 23.9 Å². The van der Waals surface area contributed by atoms with Gasteiger partial charge >= 0.3 is 0 Å². The number of hydrogen-bond acceptors (Lipinski definition) is 2. The Balaban J connectivity index is 2.15. The molecule has 2 unspecified atom stereocenters. The molecular weight excluding hydrogens is 212 g/mol. The second-order valence-electron chi connectivity index (χ2n) is 4.65. The molecule has 1 fully saturated rings. The van der Waals surface area contributed by atoms with Crippen LogP contribution in [0.4, 0.5) is 0 Å². The summed E-state index contributed by atoms with van der Waals surface area (Å²) in [5.74, 6) is -0.154. The molecule has 2 atom stereocenters. The van der Waals surface area contributed by atoms with Crippen molar-refractivity contribution in [2.75, 3.05) is 13.1 Å². The van der Waals surface area contributed by atoms with Crippen LogP contribution < -0.4 is 0 Å². The van der Waals surface area contributed by atoms with Crippen LogP contribution in [0.5, 0.6) is 0 Å². The molecule has 1 amide bonds. The van der Waals surface area contributed by atoms with Crippen molar-refractivity contribution in [1.82, 2.24) is 4.90 Å². The van der Waals surface area contributed by atoms with E-state index >= 15 is 0 Å². The minimum absolute atomic E-state index is 0.0527. The van der Waals surface area contributed by atoms with Crippen molar-refractivity contribution in [3.05, 3.63) is 35.9 Å². The fraction of sp³-hybridized carbons (Fsp3) is 0.429. The fourth-order valence-electron chi connectivity index (χ4n) is 2.24. The largest absolute Gasteiger partial charge is 0.341 e. The molecule has 3 heteroatoms. The number of hydrogen-bond donors (Lipinski definition) is 0. The first kappa shape index (κ1) is 11.7. The summed E-state index contributed by atoms with van der Waals surface area (Å²) in [4.78, 5) is 14.0. The Morgan fingerprint density at radius 2 is 2.18 bits per heavy atom. The lowest BCUT2D eigenvalue weighted by Gasteiger charge is -2.19. The molecule has 17 heavy (non-hydrogen) atoms. The molecule has 0 aromatic heterocycles. The van der Waals surface area contributed by atoms with Crippen molar-refractivity contribution < 1.29 is 4.79 Å². The lowest BCUT2D eigenvalue weighted by Crippen LogP contribution is -2.32. The van der Waals surface area contributed by atoms with Crippen LogP contribution in [-0.2, 0) is 4.79 Å². The van der Waals surface area contributed by atoms with Gasteiger partial charge in [0.2, 0.25) is 5.91 Å². The van der Waals surface area contributed by atoms with E-state index in [2.05, 4.69) is 13.0 Å². The minimum atomic E-state index is -0.651. The molecule has 88 valence electrons. The van der Waals surface area contributed by atoms with E-state index in [1.165, 1.54) is 0 Å². The third-order valence-corrected chi connectivity index (χ3v) is 3.24. The van der Waals surface area contributed by atoms with Crippen molar-refractivity contribution in [3.8, 4) is 6.07 Å². The zero-order valence-electron chi connectivity index (χ0n) is 9.97. The molecule has 1 aliphatic rings. The monoisotopic (exact) mass is 228 g/mol. The van der Waals surface area contributed by atoms with Gasteiger partial charge in [-0.05, 0) is 17.9 Å². The lowest BCUT2D eigenvalue weighted by atomic mass is 9.99. The molecule has 1 aromatic rings. The van der Waals surface area contributed by atoms with Gasteiger partial charge in [0.15, 0.2) is 0 Å².